The number of aromatic nitrogens is 2. The molecule has 0 aliphatic carbocycles. The number of amides is 2. The van der Waals surface area contributed by atoms with Gasteiger partial charge in [-0.3, -0.25) is 0 Å². The zero-order valence-electron chi connectivity index (χ0n) is 10.9. The molecule has 1 saturated heterocycles. The number of carbonyl (C=O) groups excluding carboxylic acids is 1. The van der Waals surface area contributed by atoms with E-state index in [1.54, 1.807) is 12.4 Å². The first kappa shape index (κ1) is 13.5. The average molecular weight is 360 g/mol. The highest BCUT2D eigenvalue weighted by Crippen LogP contribution is 2.36. The van der Waals surface area contributed by atoms with Gasteiger partial charge in [-0.1, -0.05) is 0 Å². The van der Waals surface area contributed by atoms with E-state index in [1.807, 2.05) is 32.6 Å². The number of halogens is 1. The number of urea groups is 1. The number of hydrogen-bond acceptors (Lipinski definition) is 3. The van der Waals surface area contributed by atoms with E-state index in [0.717, 1.165) is 3.57 Å². The molecule has 2 amide bonds. The number of nitrogens with zero attached hydrogens (tertiary/aromatic N) is 3. The van der Waals surface area contributed by atoms with Gasteiger partial charge in [-0.25, -0.2) is 14.8 Å². The van der Waals surface area contributed by atoms with Crippen LogP contribution < -0.4 is 5.32 Å². The van der Waals surface area contributed by atoms with Gasteiger partial charge < -0.3 is 10.2 Å². The third-order valence-electron chi connectivity index (χ3n) is 3.23. The molecule has 1 N–H and O–H groups in total. The third kappa shape index (κ3) is 2.17. The van der Waals surface area contributed by atoms with Crippen molar-refractivity contribution in [3.8, 4) is 0 Å². The molecular formula is C12H17IN4O. The van der Waals surface area contributed by atoms with Crippen molar-refractivity contribution in [3.05, 3.63) is 21.8 Å². The number of hydrogen-bond donors (Lipinski definition) is 1. The molecule has 1 atom stereocenters. The summed E-state index contributed by atoms with van der Waals surface area (Å²) in [6.07, 6.45) is 3.53. The molecule has 0 spiro atoms. The second-order valence-corrected chi connectivity index (χ2v) is 6.51. The van der Waals surface area contributed by atoms with Crippen LogP contribution in [0.5, 0.6) is 0 Å². The Kier molecular flexibility index (Phi) is 3.48. The van der Waals surface area contributed by atoms with Crippen LogP contribution in [0.15, 0.2) is 12.4 Å². The lowest BCUT2D eigenvalue weighted by molar-refractivity contribution is 0.136. The normalized spacial score (nSPS) is 22.4. The molecule has 1 fully saturated rings. The van der Waals surface area contributed by atoms with E-state index in [1.165, 1.54) is 0 Å². The highest BCUT2D eigenvalue weighted by Gasteiger charge is 2.49. The lowest BCUT2D eigenvalue weighted by atomic mass is 9.93. The number of carbonyl (C=O) groups is 1. The third-order valence-corrected chi connectivity index (χ3v) is 3.79. The van der Waals surface area contributed by atoms with E-state index >= 15 is 0 Å². The average Bonchev–Trinajstić information content (AvgIpc) is 2.49. The minimum atomic E-state index is -0.335. The van der Waals surface area contributed by atoms with Crippen molar-refractivity contribution < 1.29 is 4.79 Å². The van der Waals surface area contributed by atoms with Crippen LogP contribution in [0.3, 0.4) is 0 Å². The maximum atomic E-state index is 12.0. The lowest BCUT2D eigenvalue weighted by Crippen LogP contribution is -2.47. The van der Waals surface area contributed by atoms with Gasteiger partial charge in [0.2, 0.25) is 0 Å². The molecule has 6 heteroatoms. The van der Waals surface area contributed by atoms with Crippen LogP contribution in [0.25, 0.3) is 0 Å². The predicted molar refractivity (Wildman–Crippen MR) is 77.1 cm³/mol. The first-order chi connectivity index (χ1) is 8.34. The molecule has 0 bridgehead atoms. The summed E-state index contributed by atoms with van der Waals surface area (Å²) in [6, 6.07) is -0.0830. The SMILES string of the molecule is CC(C)N1C(=O)NC(c2ncc(I)cn2)C1(C)C. The van der Waals surface area contributed by atoms with Crippen molar-refractivity contribution in [3.63, 3.8) is 0 Å². The quantitative estimate of drug-likeness (QED) is 0.824. The summed E-state index contributed by atoms with van der Waals surface area (Å²) in [5.74, 6) is 0.664. The van der Waals surface area contributed by atoms with E-state index in [9.17, 15) is 4.79 Å². The molecule has 2 heterocycles. The predicted octanol–water partition coefficient (Wildman–Crippen LogP) is 2.33. The molecule has 1 aromatic rings. The van der Waals surface area contributed by atoms with Gasteiger partial charge >= 0.3 is 6.03 Å². The molecule has 1 aliphatic rings. The molecule has 18 heavy (non-hydrogen) atoms. The first-order valence-electron chi connectivity index (χ1n) is 5.91. The van der Waals surface area contributed by atoms with E-state index in [-0.39, 0.29) is 23.7 Å². The second kappa shape index (κ2) is 4.64. The summed E-state index contributed by atoms with van der Waals surface area (Å²) in [5, 5.41) is 2.97. The van der Waals surface area contributed by atoms with Gasteiger partial charge in [-0.15, -0.1) is 0 Å². The minimum absolute atomic E-state index is 0.0536. The molecule has 0 radical (unpaired) electrons. The molecular weight excluding hydrogens is 343 g/mol. The summed E-state index contributed by atoms with van der Waals surface area (Å²) in [7, 11) is 0. The van der Waals surface area contributed by atoms with Crippen LogP contribution in [0.2, 0.25) is 0 Å². The van der Waals surface area contributed by atoms with Crippen LogP contribution in [-0.4, -0.2) is 32.5 Å². The van der Waals surface area contributed by atoms with Crippen LogP contribution in [0, 0.1) is 3.57 Å². The van der Waals surface area contributed by atoms with Crippen LogP contribution in [-0.2, 0) is 0 Å². The van der Waals surface area contributed by atoms with E-state index in [0.29, 0.717) is 5.82 Å². The van der Waals surface area contributed by atoms with Gasteiger partial charge in [0.25, 0.3) is 0 Å². The largest absolute Gasteiger partial charge is 0.326 e. The maximum Gasteiger partial charge on any atom is 0.318 e. The fourth-order valence-corrected chi connectivity index (χ4v) is 2.80. The second-order valence-electron chi connectivity index (χ2n) is 5.26. The Morgan fingerprint density at radius 2 is 1.94 bits per heavy atom. The monoisotopic (exact) mass is 360 g/mol. The van der Waals surface area contributed by atoms with E-state index in [2.05, 4.69) is 37.9 Å². The molecule has 1 aliphatic heterocycles. The Bertz CT molecular complexity index is 458. The zero-order valence-corrected chi connectivity index (χ0v) is 13.1. The fraction of sp³-hybridized carbons (Fsp3) is 0.583. The Labute approximate surface area is 121 Å². The maximum absolute atomic E-state index is 12.0. The molecule has 1 aromatic heterocycles. The van der Waals surface area contributed by atoms with Gasteiger partial charge in [0, 0.05) is 22.0 Å². The van der Waals surface area contributed by atoms with Crippen LogP contribution in [0.4, 0.5) is 4.79 Å². The molecule has 5 nitrogen and oxygen atoms in total. The summed E-state index contributed by atoms with van der Waals surface area (Å²) >= 11 is 2.16. The van der Waals surface area contributed by atoms with Crippen LogP contribution >= 0.6 is 22.6 Å². The van der Waals surface area contributed by atoms with Crippen molar-refractivity contribution in [2.75, 3.05) is 0 Å². The van der Waals surface area contributed by atoms with Crippen molar-refractivity contribution in [2.45, 2.75) is 45.3 Å². The summed E-state index contributed by atoms with van der Waals surface area (Å²) in [5.41, 5.74) is -0.335. The zero-order chi connectivity index (χ0) is 13.5. The Balaban J connectivity index is 2.36. The van der Waals surface area contributed by atoms with Crippen molar-refractivity contribution in [1.82, 2.24) is 20.2 Å². The lowest BCUT2D eigenvalue weighted by Gasteiger charge is -2.36. The molecule has 0 saturated carbocycles. The van der Waals surface area contributed by atoms with Crippen molar-refractivity contribution in [1.29, 1.82) is 0 Å². The summed E-state index contributed by atoms with van der Waals surface area (Å²) in [6.45, 7) is 8.10. The Hall–Kier alpha value is -0.920. The summed E-state index contributed by atoms with van der Waals surface area (Å²) in [4.78, 5) is 22.5. The number of nitrogens with one attached hydrogen (secondary N) is 1. The Morgan fingerprint density at radius 3 is 2.39 bits per heavy atom. The molecule has 0 aromatic carbocycles. The molecule has 2 rings (SSSR count). The van der Waals surface area contributed by atoms with Gasteiger partial charge in [0.15, 0.2) is 5.82 Å². The highest BCUT2D eigenvalue weighted by molar-refractivity contribution is 14.1. The standard InChI is InChI=1S/C12H17IN4O/c1-7(2)17-11(18)16-9(12(17,3)4)10-14-5-8(13)6-15-10/h5-7,9H,1-4H3,(H,16,18). The molecule has 98 valence electrons. The minimum Gasteiger partial charge on any atom is -0.326 e. The van der Waals surface area contributed by atoms with Gasteiger partial charge in [-0.2, -0.15) is 0 Å². The highest BCUT2D eigenvalue weighted by atomic mass is 127. The summed E-state index contributed by atoms with van der Waals surface area (Å²) < 4.78 is 0.985. The fourth-order valence-electron chi connectivity index (χ4n) is 2.52. The Morgan fingerprint density at radius 1 is 1.39 bits per heavy atom. The van der Waals surface area contributed by atoms with Crippen LogP contribution in [0.1, 0.15) is 39.6 Å². The van der Waals surface area contributed by atoms with Gasteiger partial charge in [0.05, 0.1) is 5.54 Å². The van der Waals surface area contributed by atoms with Crippen molar-refractivity contribution >= 4 is 28.6 Å². The topological polar surface area (TPSA) is 58.1 Å². The molecule has 1 unspecified atom stereocenters. The van der Waals surface area contributed by atoms with Gasteiger partial charge in [0.1, 0.15) is 6.04 Å². The van der Waals surface area contributed by atoms with Gasteiger partial charge in [-0.05, 0) is 50.3 Å². The van der Waals surface area contributed by atoms with E-state index < -0.39 is 0 Å². The number of rotatable bonds is 2. The smallest absolute Gasteiger partial charge is 0.318 e. The van der Waals surface area contributed by atoms with E-state index in [4.69, 9.17) is 0 Å². The first-order valence-corrected chi connectivity index (χ1v) is 6.99. The van der Waals surface area contributed by atoms with Crippen molar-refractivity contribution in [2.24, 2.45) is 0 Å².